The first-order valence-corrected chi connectivity index (χ1v) is 8.20. The molecule has 3 aromatic carbocycles. The molecule has 132 valence electrons. The fourth-order valence-corrected chi connectivity index (χ4v) is 2.74. The summed E-state index contributed by atoms with van der Waals surface area (Å²) >= 11 is 0. The Kier molecular flexibility index (Phi) is 5.13. The highest BCUT2D eigenvalue weighted by atomic mass is 16.5. The molecule has 0 saturated carbocycles. The van der Waals surface area contributed by atoms with Crippen molar-refractivity contribution < 1.29 is 20.1 Å². The van der Waals surface area contributed by atoms with Crippen molar-refractivity contribution in [3.8, 4) is 23.0 Å². The summed E-state index contributed by atoms with van der Waals surface area (Å²) in [6.07, 6.45) is 4.13. The van der Waals surface area contributed by atoms with Crippen LogP contribution in [0.4, 0.5) is 0 Å². The molecule has 0 spiro atoms. The fraction of sp³-hybridized carbons (Fsp3) is 0.0909. The number of phenolic OH excluding ortho intramolecular Hbond substituents is 3. The highest BCUT2D eigenvalue weighted by Crippen LogP contribution is 2.32. The SMILES string of the molecule is COc1cc(O)c(Cc2ccc(O)cc2)c(/C=C/c2ccccc2O)c1. The molecule has 0 saturated heterocycles. The van der Waals surface area contributed by atoms with Crippen molar-refractivity contribution in [3.05, 3.63) is 82.9 Å². The van der Waals surface area contributed by atoms with Gasteiger partial charge in [0.25, 0.3) is 0 Å². The van der Waals surface area contributed by atoms with Crippen LogP contribution in [0.2, 0.25) is 0 Å². The topological polar surface area (TPSA) is 69.9 Å². The largest absolute Gasteiger partial charge is 0.508 e. The zero-order valence-corrected chi connectivity index (χ0v) is 14.4. The van der Waals surface area contributed by atoms with Crippen molar-refractivity contribution in [2.45, 2.75) is 6.42 Å². The molecule has 0 radical (unpaired) electrons. The van der Waals surface area contributed by atoms with Gasteiger partial charge < -0.3 is 20.1 Å². The van der Waals surface area contributed by atoms with E-state index >= 15 is 0 Å². The number of benzene rings is 3. The number of methoxy groups -OCH3 is 1. The van der Waals surface area contributed by atoms with Crippen LogP contribution < -0.4 is 4.74 Å². The number of para-hydroxylation sites is 1. The fourth-order valence-electron chi connectivity index (χ4n) is 2.74. The summed E-state index contributed by atoms with van der Waals surface area (Å²) in [5.41, 5.74) is 3.17. The Morgan fingerprint density at radius 3 is 2.19 bits per heavy atom. The predicted molar refractivity (Wildman–Crippen MR) is 103 cm³/mol. The minimum absolute atomic E-state index is 0.134. The van der Waals surface area contributed by atoms with E-state index in [1.165, 1.54) is 0 Å². The second kappa shape index (κ2) is 7.66. The Morgan fingerprint density at radius 1 is 0.808 bits per heavy atom. The average molecular weight is 348 g/mol. The lowest BCUT2D eigenvalue weighted by atomic mass is 9.97. The van der Waals surface area contributed by atoms with Gasteiger partial charge in [0, 0.05) is 23.6 Å². The van der Waals surface area contributed by atoms with Gasteiger partial charge in [0.1, 0.15) is 23.0 Å². The molecule has 3 aromatic rings. The Labute approximate surface area is 152 Å². The highest BCUT2D eigenvalue weighted by molar-refractivity contribution is 5.75. The monoisotopic (exact) mass is 348 g/mol. The molecule has 26 heavy (non-hydrogen) atoms. The van der Waals surface area contributed by atoms with Crippen molar-refractivity contribution in [2.24, 2.45) is 0 Å². The van der Waals surface area contributed by atoms with Crippen LogP contribution in [0.25, 0.3) is 12.2 Å². The number of hydrogen-bond acceptors (Lipinski definition) is 4. The van der Waals surface area contributed by atoms with Crippen molar-refractivity contribution >= 4 is 12.2 Å². The first-order chi connectivity index (χ1) is 12.6. The maximum absolute atomic E-state index is 10.5. The molecule has 0 aliphatic rings. The molecule has 0 atom stereocenters. The van der Waals surface area contributed by atoms with Gasteiger partial charge in [-0.15, -0.1) is 0 Å². The smallest absolute Gasteiger partial charge is 0.123 e. The Morgan fingerprint density at radius 2 is 1.50 bits per heavy atom. The first kappa shape index (κ1) is 17.4. The quantitative estimate of drug-likeness (QED) is 0.591. The standard InChI is InChI=1S/C22H20O4/c1-26-19-13-17(9-8-16-4-2-3-5-21(16)24)20(22(25)14-19)12-15-6-10-18(23)11-7-15/h2-11,13-14,23-25H,12H2,1H3/b9-8+. The minimum Gasteiger partial charge on any atom is -0.508 e. The number of ether oxygens (including phenoxy) is 1. The maximum atomic E-state index is 10.5. The van der Waals surface area contributed by atoms with E-state index in [4.69, 9.17) is 4.74 Å². The molecule has 0 aliphatic heterocycles. The van der Waals surface area contributed by atoms with Crippen LogP contribution in [0.1, 0.15) is 22.3 Å². The van der Waals surface area contributed by atoms with Gasteiger partial charge in [0.15, 0.2) is 0 Å². The lowest BCUT2D eigenvalue weighted by Gasteiger charge is -2.12. The van der Waals surface area contributed by atoms with E-state index in [0.29, 0.717) is 17.7 Å². The van der Waals surface area contributed by atoms with Crippen LogP contribution in [0.5, 0.6) is 23.0 Å². The van der Waals surface area contributed by atoms with E-state index < -0.39 is 0 Å². The summed E-state index contributed by atoms with van der Waals surface area (Å²) < 4.78 is 5.26. The zero-order valence-electron chi connectivity index (χ0n) is 14.4. The summed E-state index contributed by atoms with van der Waals surface area (Å²) in [6.45, 7) is 0. The lowest BCUT2D eigenvalue weighted by molar-refractivity contribution is 0.406. The van der Waals surface area contributed by atoms with Gasteiger partial charge in [-0.2, -0.15) is 0 Å². The number of aromatic hydroxyl groups is 3. The average Bonchev–Trinajstić information content (AvgIpc) is 2.64. The van der Waals surface area contributed by atoms with Gasteiger partial charge in [-0.1, -0.05) is 42.5 Å². The van der Waals surface area contributed by atoms with E-state index in [2.05, 4.69) is 0 Å². The summed E-state index contributed by atoms with van der Waals surface area (Å²) in [6, 6.07) is 17.3. The molecule has 0 aromatic heterocycles. The zero-order chi connectivity index (χ0) is 18.5. The van der Waals surface area contributed by atoms with E-state index in [1.807, 2.05) is 36.4 Å². The predicted octanol–water partition coefficient (Wildman–Crippen LogP) is 4.57. The van der Waals surface area contributed by atoms with Gasteiger partial charge >= 0.3 is 0 Å². The Balaban J connectivity index is 2.00. The second-order valence-corrected chi connectivity index (χ2v) is 5.95. The van der Waals surface area contributed by atoms with E-state index in [1.54, 1.807) is 43.5 Å². The normalized spacial score (nSPS) is 11.0. The van der Waals surface area contributed by atoms with Crippen molar-refractivity contribution in [1.29, 1.82) is 0 Å². The van der Waals surface area contributed by atoms with Crippen LogP contribution in [-0.4, -0.2) is 22.4 Å². The van der Waals surface area contributed by atoms with Crippen LogP contribution in [-0.2, 0) is 6.42 Å². The van der Waals surface area contributed by atoms with E-state index in [-0.39, 0.29) is 17.2 Å². The van der Waals surface area contributed by atoms with Gasteiger partial charge in [0.2, 0.25) is 0 Å². The molecule has 4 nitrogen and oxygen atoms in total. The second-order valence-electron chi connectivity index (χ2n) is 5.95. The molecule has 0 unspecified atom stereocenters. The number of phenols is 3. The molecule has 4 heteroatoms. The summed E-state index contributed by atoms with van der Waals surface area (Å²) in [5.74, 6) is 1.08. The van der Waals surface area contributed by atoms with Gasteiger partial charge in [0.05, 0.1) is 7.11 Å². The van der Waals surface area contributed by atoms with Crippen LogP contribution in [0.3, 0.4) is 0 Å². The molecule has 0 fully saturated rings. The minimum atomic E-state index is 0.134. The van der Waals surface area contributed by atoms with Crippen molar-refractivity contribution in [2.75, 3.05) is 7.11 Å². The van der Waals surface area contributed by atoms with Crippen molar-refractivity contribution in [1.82, 2.24) is 0 Å². The molecule has 0 heterocycles. The number of hydrogen-bond donors (Lipinski definition) is 3. The molecular weight excluding hydrogens is 328 g/mol. The maximum Gasteiger partial charge on any atom is 0.123 e. The third-order valence-electron chi connectivity index (χ3n) is 4.17. The van der Waals surface area contributed by atoms with Gasteiger partial charge in [-0.05, 0) is 35.4 Å². The van der Waals surface area contributed by atoms with E-state index in [9.17, 15) is 15.3 Å². The van der Waals surface area contributed by atoms with Crippen LogP contribution in [0, 0.1) is 0 Å². The van der Waals surface area contributed by atoms with E-state index in [0.717, 1.165) is 16.7 Å². The molecular formula is C22H20O4. The summed E-state index contributed by atoms with van der Waals surface area (Å²) in [5, 5.41) is 29.8. The highest BCUT2D eigenvalue weighted by Gasteiger charge is 2.11. The number of rotatable bonds is 5. The lowest BCUT2D eigenvalue weighted by Crippen LogP contribution is -1.95. The van der Waals surface area contributed by atoms with Crippen LogP contribution in [0.15, 0.2) is 60.7 Å². The molecule has 3 N–H and O–H groups in total. The molecule has 0 amide bonds. The van der Waals surface area contributed by atoms with Gasteiger partial charge in [-0.25, -0.2) is 0 Å². The Hall–Kier alpha value is -3.40. The molecule has 3 rings (SSSR count). The summed E-state index contributed by atoms with van der Waals surface area (Å²) in [7, 11) is 1.55. The van der Waals surface area contributed by atoms with Gasteiger partial charge in [-0.3, -0.25) is 0 Å². The molecule has 0 bridgehead atoms. The molecule has 0 aliphatic carbocycles. The Bertz CT molecular complexity index is 927. The third kappa shape index (κ3) is 3.98. The third-order valence-corrected chi connectivity index (χ3v) is 4.17. The van der Waals surface area contributed by atoms with Crippen molar-refractivity contribution in [3.63, 3.8) is 0 Å². The summed E-state index contributed by atoms with van der Waals surface area (Å²) in [4.78, 5) is 0. The van der Waals surface area contributed by atoms with Crippen LogP contribution >= 0.6 is 0 Å². The first-order valence-electron chi connectivity index (χ1n) is 8.20.